The maximum atomic E-state index is 13.3. The zero-order chi connectivity index (χ0) is 24.9. The standard InChI is InChI=1S/C25H27ClN2O5S/c1-5-17-8-12-20(13-9-17)27-25(29)21-14-23(32-2)24(33-3)15-22(21)28(34(4,30)31)16-18-6-10-19(26)11-7-18/h6-15H,5,16H2,1-4H3,(H,27,29). The van der Waals surface area contributed by atoms with E-state index in [9.17, 15) is 13.2 Å². The van der Waals surface area contributed by atoms with Gasteiger partial charge < -0.3 is 14.8 Å². The Bertz CT molecular complexity index is 1260. The second kappa shape index (κ2) is 10.8. The van der Waals surface area contributed by atoms with Crippen LogP contribution in [-0.2, 0) is 23.0 Å². The van der Waals surface area contributed by atoms with Gasteiger partial charge in [-0.05, 0) is 47.9 Å². The number of anilines is 2. The smallest absolute Gasteiger partial charge is 0.257 e. The molecular weight excluding hydrogens is 476 g/mol. The van der Waals surface area contributed by atoms with Crippen LogP contribution in [0.3, 0.4) is 0 Å². The molecule has 0 unspecified atom stereocenters. The zero-order valence-corrected chi connectivity index (χ0v) is 21.0. The van der Waals surface area contributed by atoms with E-state index < -0.39 is 15.9 Å². The molecule has 180 valence electrons. The molecule has 0 saturated carbocycles. The Morgan fingerprint density at radius 2 is 1.50 bits per heavy atom. The monoisotopic (exact) mass is 502 g/mol. The number of benzene rings is 3. The molecule has 0 aliphatic carbocycles. The van der Waals surface area contributed by atoms with E-state index in [-0.39, 0.29) is 17.8 Å². The number of halogens is 1. The Morgan fingerprint density at radius 1 is 0.941 bits per heavy atom. The number of amides is 1. The highest BCUT2D eigenvalue weighted by molar-refractivity contribution is 7.92. The van der Waals surface area contributed by atoms with Crippen molar-refractivity contribution in [2.45, 2.75) is 19.9 Å². The minimum Gasteiger partial charge on any atom is -0.493 e. The van der Waals surface area contributed by atoms with Crippen molar-refractivity contribution >= 4 is 38.9 Å². The maximum absolute atomic E-state index is 13.3. The van der Waals surface area contributed by atoms with Crippen LogP contribution >= 0.6 is 11.6 Å². The van der Waals surface area contributed by atoms with Crippen LogP contribution in [-0.4, -0.2) is 34.8 Å². The summed E-state index contributed by atoms with van der Waals surface area (Å²) in [5.41, 5.74) is 2.71. The number of sulfonamides is 1. The summed E-state index contributed by atoms with van der Waals surface area (Å²) in [5, 5.41) is 3.38. The average Bonchev–Trinajstić information content (AvgIpc) is 2.82. The van der Waals surface area contributed by atoms with E-state index >= 15 is 0 Å². The fourth-order valence-electron chi connectivity index (χ4n) is 3.42. The number of methoxy groups -OCH3 is 2. The Hall–Kier alpha value is -3.23. The van der Waals surface area contributed by atoms with Gasteiger partial charge >= 0.3 is 0 Å². The predicted molar refractivity (Wildman–Crippen MR) is 136 cm³/mol. The molecule has 0 heterocycles. The first-order valence-corrected chi connectivity index (χ1v) is 12.8. The van der Waals surface area contributed by atoms with Gasteiger partial charge in [-0.25, -0.2) is 8.42 Å². The normalized spacial score (nSPS) is 11.1. The first-order chi connectivity index (χ1) is 16.2. The van der Waals surface area contributed by atoms with Crippen LogP contribution in [0.2, 0.25) is 5.02 Å². The molecule has 34 heavy (non-hydrogen) atoms. The summed E-state index contributed by atoms with van der Waals surface area (Å²) in [7, 11) is -0.891. The van der Waals surface area contributed by atoms with Gasteiger partial charge in [-0.1, -0.05) is 42.8 Å². The van der Waals surface area contributed by atoms with Crippen LogP contribution in [0.1, 0.15) is 28.4 Å². The summed E-state index contributed by atoms with van der Waals surface area (Å²) in [4.78, 5) is 13.3. The summed E-state index contributed by atoms with van der Waals surface area (Å²) < 4.78 is 37.6. The molecule has 3 aromatic carbocycles. The van der Waals surface area contributed by atoms with E-state index in [1.807, 2.05) is 19.1 Å². The van der Waals surface area contributed by atoms with E-state index in [1.165, 1.54) is 26.4 Å². The minimum absolute atomic E-state index is 0.00301. The highest BCUT2D eigenvalue weighted by Gasteiger charge is 2.26. The fourth-order valence-corrected chi connectivity index (χ4v) is 4.43. The Morgan fingerprint density at radius 3 is 2.03 bits per heavy atom. The molecule has 1 N–H and O–H groups in total. The summed E-state index contributed by atoms with van der Waals surface area (Å²) in [6, 6.07) is 17.3. The van der Waals surface area contributed by atoms with E-state index in [0.717, 1.165) is 22.5 Å². The second-order valence-electron chi connectivity index (χ2n) is 7.63. The van der Waals surface area contributed by atoms with Gasteiger partial charge in [-0.2, -0.15) is 0 Å². The first kappa shape index (κ1) is 25.4. The molecule has 9 heteroatoms. The van der Waals surface area contributed by atoms with E-state index in [4.69, 9.17) is 21.1 Å². The lowest BCUT2D eigenvalue weighted by Gasteiger charge is -2.26. The van der Waals surface area contributed by atoms with Gasteiger partial charge in [0.15, 0.2) is 11.5 Å². The van der Waals surface area contributed by atoms with Crippen LogP contribution in [0.4, 0.5) is 11.4 Å². The van der Waals surface area contributed by atoms with Gasteiger partial charge in [0, 0.05) is 16.8 Å². The Balaban J connectivity index is 2.10. The number of carbonyl (C=O) groups is 1. The molecule has 0 bridgehead atoms. The van der Waals surface area contributed by atoms with Crippen molar-refractivity contribution in [3.63, 3.8) is 0 Å². The number of ether oxygens (including phenoxy) is 2. The van der Waals surface area contributed by atoms with Gasteiger partial charge in [0.1, 0.15) is 0 Å². The van der Waals surface area contributed by atoms with Crippen LogP contribution in [0, 0.1) is 0 Å². The van der Waals surface area contributed by atoms with Crippen LogP contribution < -0.4 is 19.1 Å². The number of hydrogen-bond acceptors (Lipinski definition) is 5. The molecule has 3 aromatic rings. The summed E-state index contributed by atoms with van der Waals surface area (Å²) in [6.45, 7) is 2.04. The third kappa shape index (κ3) is 6.01. The molecule has 7 nitrogen and oxygen atoms in total. The molecule has 3 rings (SSSR count). The molecule has 0 aliphatic heterocycles. The molecule has 0 aromatic heterocycles. The summed E-state index contributed by atoms with van der Waals surface area (Å²) in [5.74, 6) is 0.119. The highest BCUT2D eigenvalue weighted by Crippen LogP contribution is 2.37. The van der Waals surface area contributed by atoms with Gasteiger partial charge in [0.2, 0.25) is 10.0 Å². The number of rotatable bonds is 9. The van der Waals surface area contributed by atoms with Crippen molar-refractivity contribution in [2.24, 2.45) is 0 Å². The molecule has 1 amide bonds. The lowest BCUT2D eigenvalue weighted by Crippen LogP contribution is -2.31. The zero-order valence-electron chi connectivity index (χ0n) is 19.5. The van der Waals surface area contributed by atoms with Gasteiger partial charge in [0.05, 0.1) is 38.3 Å². The lowest BCUT2D eigenvalue weighted by molar-refractivity contribution is 0.102. The van der Waals surface area contributed by atoms with Crippen molar-refractivity contribution in [3.05, 3.63) is 82.4 Å². The van der Waals surface area contributed by atoms with E-state index in [2.05, 4.69) is 5.32 Å². The van der Waals surface area contributed by atoms with Crippen molar-refractivity contribution in [2.75, 3.05) is 30.1 Å². The molecule has 0 atom stereocenters. The van der Waals surface area contributed by atoms with Gasteiger partial charge in [-0.15, -0.1) is 0 Å². The molecule has 0 aliphatic rings. The number of nitrogens with zero attached hydrogens (tertiary/aromatic N) is 1. The largest absolute Gasteiger partial charge is 0.493 e. The number of aryl methyl sites for hydroxylation is 1. The lowest BCUT2D eigenvalue weighted by atomic mass is 10.1. The first-order valence-electron chi connectivity index (χ1n) is 10.5. The molecule has 0 radical (unpaired) electrons. The van der Waals surface area contributed by atoms with Crippen molar-refractivity contribution in [1.29, 1.82) is 0 Å². The number of nitrogens with one attached hydrogen (secondary N) is 1. The second-order valence-corrected chi connectivity index (χ2v) is 9.97. The molecule has 0 fully saturated rings. The fraction of sp³-hybridized carbons (Fsp3) is 0.240. The molecule has 0 saturated heterocycles. The topological polar surface area (TPSA) is 84.9 Å². The van der Waals surface area contributed by atoms with Gasteiger partial charge in [0.25, 0.3) is 5.91 Å². The number of hydrogen-bond donors (Lipinski definition) is 1. The van der Waals surface area contributed by atoms with Crippen LogP contribution in [0.5, 0.6) is 11.5 Å². The number of carbonyl (C=O) groups excluding carboxylic acids is 1. The predicted octanol–water partition coefficient (Wildman–Crippen LogP) is 5.14. The van der Waals surface area contributed by atoms with Crippen LogP contribution in [0.15, 0.2) is 60.7 Å². The van der Waals surface area contributed by atoms with Crippen molar-refractivity contribution in [1.82, 2.24) is 0 Å². The van der Waals surface area contributed by atoms with Gasteiger partial charge in [-0.3, -0.25) is 9.10 Å². The van der Waals surface area contributed by atoms with Crippen molar-refractivity contribution < 1.29 is 22.7 Å². The van der Waals surface area contributed by atoms with Crippen LogP contribution in [0.25, 0.3) is 0 Å². The van der Waals surface area contributed by atoms with Crippen molar-refractivity contribution in [3.8, 4) is 11.5 Å². The third-order valence-corrected chi connectivity index (χ3v) is 6.65. The van der Waals surface area contributed by atoms with E-state index in [1.54, 1.807) is 36.4 Å². The molecule has 0 spiro atoms. The summed E-state index contributed by atoms with van der Waals surface area (Å²) in [6.07, 6.45) is 1.97. The molecular formula is C25H27ClN2O5S. The third-order valence-electron chi connectivity index (χ3n) is 5.28. The van der Waals surface area contributed by atoms with E-state index in [0.29, 0.717) is 27.8 Å². The quantitative estimate of drug-likeness (QED) is 0.438. The Kier molecular flexibility index (Phi) is 8.06. The maximum Gasteiger partial charge on any atom is 0.257 e. The summed E-state index contributed by atoms with van der Waals surface area (Å²) >= 11 is 5.98. The SMILES string of the molecule is CCc1ccc(NC(=O)c2cc(OC)c(OC)cc2N(Cc2ccc(Cl)cc2)S(C)(=O)=O)cc1. The highest BCUT2D eigenvalue weighted by atomic mass is 35.5. The minimum atomic E-state index is -3.78. The Labute approximate surface area is 205 Å². The average molecular weight is 503 g/mol.